The SMILES string of the molecule is CC[NH+]1CCC[C@@H]1CNC(=O)c1cccc(Oc2ccccc2)c1. The third kappa shape index (κ3) is 4.15. The van der Waals surface area contributed by atoms with Crippen molar-refractivity contribution >= 4 is 5.91 Å². The van der Waals surface area contributed by atoms with Crippen molar-refractivity contribution in [1.82, 2.24) is 5.32 Å². The first-order valence-corrected chi connectivity index (χ1v) is 8.72. The fourth-order valence-corrected chi connectivity index (χ4v) is 3.34. The average Bonchev–Trinajstić information content (AvgIpc) is 3.08. The molecule has 0 saturated carbocycles. The van der Waals surface area contributed by atoms with Gasteiger partial charge in [-0.3, -0.25) is 4.79 Å². The summed E-state index contributed by atoms with van der Waals surface area (Å²) in [5, 5.41) is 3.08. The number of ether oxygens (including phenoxy) is 1. The van der Waals surface area contributed by atoms with Crippen LogP contribution in [0.4, 0.5) is 0 Å². The normalized spacial score (nSPS) is 19.9. The lowest BCUT2D eigenvalue weighted by molar-refractivity contribution is -0.909. The first-order valence-electron chi connectivity index (χ1n) is 8.72. The van der Waals surface area contributed by atoms with E-state index in [0.29, 0.717) is 17.4 Å². The monoisotopic (exact) mass is 325 g/mol. The summed E-state index contributed by atoms with van der Waals surface area (Å²) in [6, 6.07) is 17.5. The van der Waals surface area contributed by atoms with Gasteiger partial charge in [0.15, 0.2) is 0 Å². The van der Waals surface area contributed by atoms with Crippen LogP contribution in [-0.2, 0) is 0 Å². The first-order chi connectivity index (χ1) is 11.8. The zero-order valence-electron chi connectivity index (χ0n) is 14.1. The maximum absolute atomic E-state index is 12.4. The summed E-state index contributed by atoms with van der Waals surface area (Å²) in [7, 11) is 0. The van der Waals surface area contributed by atoms with Gasteiger partial charge in [-0.1, -0.05) is 24.3 Å². The molecule has 126 valence electrons. The molecular formula is C20H25N2O2+. The van der Waals surface area contributed by atoms with Crippen molar-refractivity contribution in [2.24, 2.45) is 0 Å². The first kappa shape index (κ1) is 16.5. The summed E-state index contributed by atoms with van der Waals surface area (Å²) in [6.07, 6.45) is 2.45. The predicted molar refractivity (Wildman–Crippen MR) is 94.7 cm³/mol. The van der Waals surface area contributed by atoms with Crippen LogP contribution in [0.5, 0.6) is 11.5 Å². The maximum atomic E-state index is 12.4. The fraction of sp³-hybridized carbons (Fsp3) is 0.350. The smallest absolute Gasteiger partial charge is 0.251 e. The molecule has 0 spiro atoms. The van der Waals surface area contributed by atoms with Crippen molar-refractivity contribution in [3.05, 3.63) is 60.2 Å². The molecule has 1 saturated heterocycles. The standard InChI is InChI=1S/C20H24N2O2/c1-2-22-13-7-9-17(22)15-21-20(23)16-8-6-12-19(14-16)24-18-10-4-3-5-11-18/h3-6,8,10-12,14,17H,2,7,9,13,15H2,1H3,(H,21,23)/p+1/t17-/m1/s1. The van der Waals surface area contributed by atoms with Crippen molar-refractivity contribution < 1.29 is 14.4 Å². The minimum Gasteiger partial charge on any atom is -0.457 e. The zero-order chi connectivity index (χ0) is 16.8. The second kappa shape index (κ2) is 7.97. The molecule has 1 aliphatic rings. The van der Waals surface area contributed by atoms with Crippen LogP contribution in [0, 0.1) is 0 Å². The van der Waals surface area contributed by atoms with E-state index >= 15 is 0 Å². The number of amides is 1. The van der Waals surface area contributed by atoms with Gasteiger partial charge in [0.1, 0.15) is 17.5 Å². The summed E-state index contributed by atoms with van der Waals surface area (Å²) in [6.45, 7) is 5.30. The van der Waals surface area contributed by atoms with Gasteiger partial charge in [0.25, 0.3) is 5.91 Å². The molecule has 1 heterocycles. The molecule has 2 atom stereocenters. The molecule has 2 N–H and O–H groups in total. The number of benzene rings is 2. The van der Waals surface area contributed by atoms with E-state index in [2.05, 4.69) is 12.2 Å². The van der Waals surface area contributed by atoms with E-state index in [1.165, 1.54) is 19.4 Å². The van der Waals surface area contributed by atoms with Crippen molar-refractivity contribution in [1.29, 1.82) is 0 Å². The maximum Gasteiger partial charge on any atom is 0.251 e. The average molecular weight is 325 g/mol. The highest BCUT2D eigenvalue weighted by Crippen LogP contribution is 2.21. The summed E-state index contributed by atoms with van der Waals surface area (Å²) in [4.78, 5) is 14.0. The Morgan fingerprint density at radius 2 is 1.96 bits per heavy atom. The molecule has 0 bridgehead atoms. The molecule has 2 aromatic rings. The Labute approximate surface area is 143 Å². The van der Waals surface area contributed by atoms with Gasteiger partial charge in [0.2, 0.25) is 0 Å². The van der Waals surface area contributed by atoms with E-state index < -0.39 is 0 Å². The van der Waals surface area contributed by atoms with Gasteiger partial charge in [-0.25, -0.2) is 0 Å². The Morgan fingerprint density at radius 1 is 1.17 bits per heavy atom. The molecule has 1 aliphatic heterocycles. The van der Waals surface area contributed by atoms with Crippen molar-refractivity contribution in [3.63, 3.8) is 0 Å². The van der Waals surface area contributed by atoms with Crippen LogP contribution in [0.3, 0.4) is 0 Å². The van der Waals surface area contributed by atoms with Crippen LogP contribution in [0.2, 0.25) is 0 Å². The molecule has 1 unspecified atom stereocenters. The second-order valence-electron chi connectivity index (χ2n) is 6.25. The number of hydrogen-bond acceptors (Lipinski definition) is 2. The lowest BCUT2D eigenvalue weighted by Gasteiger charge is -2.20. The largest absolute Gasteiger partial charge is 0.457 e. The highest BCUT2D eigenvalue weighted by Gasteiger charge is 2.27. The molecule has 2 aromatic carbocycles. The second-order valence-corrected chi connectivity index (χ2v) is 6.25. The van der Waals surface area contributed by atoms with Crippen molar-refractivity contribution in [3.8, 4) is 11.5 Å². The van der Waals surface area contributed by atoms with Gasteiger partial charge in [0, 0.05) is 18.4 Å². The number of hydrogen-bond donors (Lipinski definition) is 2. The van der Waals surface area contributed by atoms with Gasteiger partial charge >= 0.3 is 0 Å². The van der Waals surface area contributed by atoms with E-state index in [-0.39, 0.29) is 5.91 Å². The number of rotatable bonds is 6. The molecule has 0 radical (unpaired) electrons. The van der Waals surface area contributed by atoms with E-state index in [4.69, 9.17) is 4.74 Å². The van der Waals surface area contributed by atoms with E-state index in [1.54, 1.807) is 11.0 Å². The topological polar surface area (TPSA) is 42.8 Å². The fourth-order valence-electron chi connectivity index (χ4n) is 3.34. The highest BCUT2D eigenvalue weighted by molar-refractivity contribution is 5.94. The van der Waals surface area contributed by atoms with Crippen LogP contribution in [0.15, 0.2) is 54.6 Å². The van der Waals surface area contributed by atoms with Crippen LogP contribution >= 0.6 is 0 Å². The Balaban J connectivity index is 1.60. The Kier molecular flexibility index (Phi) is 5.49. The third-order valence-corrected chi connectivity index (χ3v) is 4.67. The predicted octanol–water partition coefficient (Wildman–Crippen LogP) is 2.28. The van der Waals surface area contributed by atoms with Gasteiger partial charge < -0.3 is 15.0 Å². The molecule has 4 heteroatoms. The summed E-state index contributed by atoms with van der Waals surface area (Å²) in [5.41, 5.74) is 0.638. The number of carbonyl (C=O) groups excluding carboxylic acids is 1. The molecule has 0 aliphatic carbocycles. The zero-order valence-corrected chi connectivity index (χ0v) is 14.1. The Bertz CT molecular complexity index is 672. The van der Waals surface area contributed by atoms with Crippen LogP contribution in [0.1, 0.15) is 30.1 Å². The molecule has 3 rings (SSSR count). The lowest BCUT2D eigenvalue weighted by Crippen LogP contribution is -3.14. The number of carbonyl (C=O) groups is 1. The van der Waals surface area contributed by atoms with E-state index in [0.717, 1.165) is 18.8 Å². The number of quaternary nitrogens is 1. The Hall–Kier alpha value is -2.33. The molecule has 24 heavy (non-hydrogen) atoms. The van der Waals surface area contributed by atoms with E-state index in [1.807, 2.05) is 48.5 Å². The van der Waals surface area contributed by atoms with Crippen LogP contribution in [0.25, 0.3) is 0 Å². The quantitative estimate of drug-likeness (QED) is 0.856. The number of likely N-dealkylation sites (tertiary alicyclic amines) is 1. The summed E-state index contributed by atoms with van der Waals surface area (Å²) >= 11 is 0. The van der Waals surface area contributed by atoms with Crippen LogP contribution in [-0.4, -0.2) is 31.6 Å². The van der Waals surface area contributed by atoms with Gasteiger partial charge in [-0.15, -0.1) is 0 Å². The molecule has 1 amide bonds. The number of para-hydroxylation sites is 1. The summed E-state index contributed by atoms with van der Waals surface area (Å²) in [5.74, 6) is 1.41. The summed E-state index contributed by atoms with van der Waals surface area (Å²) < 4.78 is 5.80. The highest BCUT2D eigenvalue weighted by atomic mass is 16.5. The molecular weight excluding hydrogens is 300 g/mol. The van der Waals surface area contributed by atoms with Crippen molar-refractivity contribution in [2.45, 2.75) is 25.8 Å². The van der Waals surface area contributed by atoms with Gasteiger partial charge in [-0.2, -0.15) is 0 Å². The third-order valence-electron chi connectivity index (χ3n) is 4.67. The molecule has 4 nitrogen and oxygen atoms in total. The molecule has 1 fully saturated rings. The van der Waals surface area contributed by atoms with Crippen molar-refractivity contribution in [2.75, 3.05) is 19.6 Å². The minimum atomic E-state index is -0.0316. The Morgan fingerprint density at radius 3 is 2.75 bits per heavy atom. The van der Waals surface area contributed by atoms with E-state index in [9.17, 15) is 4.79 Å². The van der Waals surface area contributed by atoms with Crippen LogP contribution < -0.4 is 15.0 Å². The molecule has 0 aromatic heterocycles. The van der Waals surface area contributed by atoms with Gasteiger partial charge in [0.05, 0.1) is 19.6 Å². The lowest BCUT2D eigenvalue weighted by atomic mass is 10.1. The number of nitrogens with one attached hydrogen (secondary N) is 2. The minimum absolute atomic E-state index is 0.0316. The number of likely N-dealkylation sites (N-methyl/N-ethyl adjacent to an activating group) is 1. The van der Waals surface area contributed by atoms with Gasteiger partial charge in [-0.05, 0) is 37.3 Å².